The van der Waals surface area contributed by atoms with Gasteiger partial charge in [0.15, 0.2) is 6.10 Å². The minimum Gasteiger partial charge on any atom is -0.481 e. The number of hydrogen-bond donors (Lipinski definition) is 1. The van der Waals surface area contributed by atoms with Gasteiger partial charge >= 0.3 is 11.9 Å². The normalized spacial score (nSPS) is 11.3. The standard InChI is InChI=1S/C18H19NO6S/c1-11(16(20)19-10-15-5-4-6-26-15)25-14-8-12(17(21)23-2)7-13(9-14)18(22)24-3/h4-9,11H,10H2,1-3H3,(H,19,20)/t11-/m0/s1. The zero-order valence-corrected chi connectivity index (χ0v) is 15.4. The molecule has 0 unspecified atom stereocenters. The van der Waals surface area contributed by atoms with Crippen molar-refractivity contribution in [3.8, 4) is 5.75 Å². The van der Waals surface area contributed by atoms with Crippen LogP contribution in [0, 0.1) is 0 Å². The van der Waals surface area contributed by atoms with Crippen LogP contribution in [-0.2, 0) is 20.8 Å². The Bertz CT molecular complexity index is 753. The van der Waals surface area contributed by atoms with Crippen LogP contribution in [0.25, 0.3) is 0 Å². The van der Waals surface area contributed by atoms with Crippen molar-refractivity contribution in [1.82, 2.24) is 5.32 Å². The molecule has 0 spiro atoms. The molecule has 26 heavy (non-hydrogen) atoms. The highest BCUT2D eigenvalue weighted by Gasteiger charge is 2.18. The molecule has 2 rings (SSSR count). The summed E-state index contributed by atoms with van der Waals surface area (Å²) in [6, 6.07) is 7.96. The summed E-state index contributed by atoms with van der Waals surface area (Å²) < 4.78 is 14.9. The predicted octanol–water partition coefficient (Wildman–Crippen LogP) is 2.41. The van der Waals surface area contributed by atoms with E-state index in [0.29, 0.717) is 6.54 Å². The Hall–Kier alpha value is -2.87. The van der Waals surface area contributed by atoms with Crippen LogP contribution in [0.15, 0.2) is 35.7 Å². The number of carbonyl (C=O) groups is 3. The Kier molecular flexibility index (Phi) is 6.74. The van der Waals surface area contributed by atoms with E-state index in [1.807, 2.05) is 17.5 Å². The Morgan fingerprint density at radius 2 is 1.69 bits per heavy atom. The Morgan fingerprint density at radius 1 is 1.08 bits per heavy atom. The van der Waals surface area contributed by atoms with E-state index in [9.17, 15) is 14.4 Å². The zero-order valence-electron chi connectivity index (χ0n) is 14.6. The molecule has 1 amide bonds. The number of amides is 1. The van der Waals surface area contributed by atoms with Gasteiger partial charge in [0.2, 0.25) is 0 Å². The first-order chi connectivity index (χ1) is 12.4. The van der Waals surface area contributed by atoms with Crippen LogP contribution in [0.4, 0.5) is 0 Å². The summed E-state index contributed by atoms with van der Waals surface area (Å²) >= 11 is 1.54. The van der Waals surface area contributed by atoms with Gasteiger partial charge in [-0.2, -0.15) is 0 Å². The van der Waals surface area contributed by atoms with Crippen molar-refractivity contribution in [1.29, 1.82) is 0 Å². The minimum absolute atomic E-state index is 0.122. The molecule has 1 N–H and O–H groups in total. The average molecular weight is 377 g/mol. The molecule has 0 aliphatic rings. The van der Waals surface area contributed by atoms with Gasteiger partial charge in [0, 0.05) is 4.88 Å². The molecule has 2 aromatic rings. The summed E-state index contributed by atoms with van der Waals surface area (Å²) in [6.07, 6.45) is -0.826. The maximum atomic E-state index is 12.2. The van der Waals surface area contributed by atoms with Crippen molar-refractivity contribution in [3.05, 3.63) is 51.7 Å². The van der Waals surface area contributed by atoms with Gasteiger partial charge in [-0.3, -0.25) is 4.79 Å². The molecule has 0 saturated carbocycles. The van der Waals surface area contributed by atoms with E-state index >= 15 is 0 Å². The summed E-state index contributed by atoms with van der Waals surface area (Å²) in [5.41, 5.74) is 0.244. The fourth-order valence-electron chi connectivity index (χ4n) is 2.13. The van der Waals surface area contributed by atoms with Crippen molar-refractivity contribution in [2.45, 2.75) is 19.6 Å². The smallest absolute Gasteiger partial charge is 0.338 e. The number of ether oxygens (including phenoxy) is 3. The third kappa shape index (κ3) is 5.06. The van der Waals surface area contributed by atoms with E-state index < -0.39 is 18.0 Å². The van der Waals surface area contributed by atoms with E-state index in [2.05, 4.69) is 14.8 Å². The lowest BCUT2D eigenvalue weighted by Crippen LogP contribution is -2.35. The van der Waals surface area contributed by atoms with E-state index in [0.717, 1.165) is 4.88 Å². The maximum Gasteiger partial charge on any atom is 0.338 e. The van der Waals surface area contributed by atoms with Crippen LogP contribution in [0.3, 0.4) is 0 Å². The van der Waals surface area contributed by atoms with Crippen molar-refractivity contribution in [2.75, 3.05) is 14.2 Å². The summed E-state index contributed by atoms with van der Waals surface area (Å²) in [4.78, 5) is 36.7. The number of thiophene rings is 1. The van der Waals surface area contributed by atoms with E-state index in [4.69, 9.17) is 4.74 Å². The van der Waals surface area contributed by atoms with Crippen LogP contribution in [0.5, 0.6) is 5.75 Å². The van der Waals surface area contributed by atoms with Gasteiger partial charge < -0.3 is 19.5 Å². The minimum atomic E-state index is -0.826. The molecule has 0 radical (unpaired) electrons. The lowest BCUT2D eigenvalue weighted by atomic mass is 10.1. The first kappa shape index (κ1) is 19.5. The molecule has 0 saturated heterocycles. The molecule has 1 heterocycles. The first-order valence-electron chi connectivity index (χ1n) is 7.73. The molecule has 0 aliphatic carbocycles. The SMILES string of the molecule is COC(=O)c1cc(O[C@@H](C)C(=O)NCc2cccs2)cc(C(=O)OC)c1. The molecule has 8 heteroatoms. The number of rotatable bonds is 7. The second kappa shape index (κ2) is 9.00. The predicted molar refractivity (Wildman–Crippen MR) is 95.4 cm³/mol. The monoisotopic (exact) mass is 377 g/mol. The third-order valence-corrected chi connectivity index (χ3v) is 4.32. The highest BCUT2D eigenvalue weighted by molar-refractivity contribution is 7.09. The largest absolute Gasteiger partial charge is 0.481 e. The molecule has 138 valence electrons. The third-order valence-electron chi connectivity index (χ3n) is 3.45. The second-order valence-corrected chi connectivity index (χ2v) is 6.32. The van der Waals surface area contributed by atoms with Crippen LogP contribution in [0.1, 0.15) is 32.5 Å². The van der Waals surface area contributed by atoms with Gasteiger partial charge in [-0.15, -0.1) is 11.3 Å². The molecule has 1 aromatic heterocycles. The number of carbonyl (C=O) groups excluding carboxylic acids is 3. The lowest BCUT2D eigenvalue weighted by molar-refractivity contribution is -0.127. The van der Waals surface area contributed by atoms with Gasteiger partial charge in [0.25, 0.3) is 5.91 Å². The number of nitrogens with one attached hydrogen (secondary N) is 1. The summed E-state index contributed by atoms with van der Waals surface area (Å²) in [5, 5.41) is 4.69. The molecule has 1 atom stereocenters. The lowest BCUT2D eigenvalue weighted by Gasteiger charge is -2.16. The first-order valence-corrected chi connectivity index (χ1v) is 8.61. The van der Waals surface area contributed by atoms with Gasteiger partial charge in [0.05, 0.1) is 31.9 Å². The average Bonchev–Trinajstić information content (AvgIpc) is 3.17. The van der Waals surface area contributed by atoms with E-state index in [-0.39, 0.29) is 22.8 Å². The van der Waals surface area contributed by atoms with Crippen molar-refractivity contribution in [2.24, 2.45) is 0 Å². The van der Waals surface area contributed by atoms with E-state index in [1.165, 1.54) is 43.8 Å². The highest BCUT2D eigenvalue weighted by Crippen LogP contribution is 2.20. The molecular formula is C18H19NO6S. The second-order valence-electron chi connectivity index (χ2n) is 5.29. The van der Waals surface area contributed by atoms with Gasteiger partial charge in [-0.05, 0) is 36.6 Å². The van der Waals surface area contributed by atoms with Gasteiger partial charge in [0.1, 0.15) is 5.75 Å². The molecule has 0 aliphatic heterocycles. The Morgan fingerprint density at radius 3 is 2.19 bits per heavy atom. The van der Waals surface area contributed by atoms with Crippen LogP contribution < -0.4 is 10.1 Å². The summed E-state index contributed by atoms with van der Waals surface area (Å²) in [7, 11) is 2.46. The van der Waals surface area contributed by atoms with Crippen LogP contribution >= 0.6 is 11.3 Å². The zero-order chi connectivity index (χ0) is 19.1. The number of benzene rings is 1. The Labute approximate surface area is 154 Å². The summed E-state index contributed by atoms with van der Waals surface area (Å²) in [5.74, 6) is -1.39. The van der Waals surface area contributed by atoms with Crippen LogP contribution in [0.2, 0.25) is 0 Å². The topological polar surface area (TPSA) is 90.9 Å². The van der Waals surface area contributed by atoms with Gasteiger partial charge in [-0.25, -0.2) is 9.59 Å². The van der Waals surface area contributed by atoms with Crippen molar-refractivity contribution >= 4 is 29.2 Å². The van der Waals surface area contributed by atoms with Crippen molar-refractivity contribution in [3.63, 3.8) is 0 Å². The number of hydrogen-bond acceptors (Lipinski definition) is 7. The fourth-order valence-corrected chi connectivity index (χ4v) is 2.77. The number of esters is 2. The number of methoxy groups -OCH3 is 2. The molecular weight excluding hydrogens is 358 g/mol. The van der Waals surface area contributed by atoms with E-state index in [1.54, 1.807) is 6.92 Å². The highest BCUT2D eigenvalue weighted by atomic mass is 32.1. The quantitative estimate of drug-likeness (QED) is 0.745. The van der Waals surface area contributed by atoms with Crippen molar-refractivity contribution < 1.29 is 28.6 Å². The van der Waals surface area contributed by atoms with Gasteiger partial charge in [-0.1, -0.05) is 6.07 Å². The molecule has 0 bridgehead atoms. The molecule has 1 aromatic carbocycles. The fraction of sp³-hybridized carbons (Fsp3) is 0.278. The molecule has 7 nitrogen and oxygen atoms in total. The molecule has 0 fully saturated rings. The van der Waals surface area contributed by atoms with Crippen LogP contribution in [-0.4, -0.2) is 38.2 Å². The maximum absolute atomic E-state index is 12.2. The summed E-state index contributed by atoms with van der Waals surface area (Å²) in [6.45, 7) is 1.98. The Balaban J connectivity index is 2.11.